The number of imide groups is 1. The number of halogens is 1. The molecule has 0 spiro atoms. The van der Waals surface area contributed by atoms with E-state index in [0.29, 0.717) is 22.7 Å². The van der Waals surface area contributed by atoms with E-state index in [0.717, 1.165) is 11.1 Å². The Labute approximate surface area is 179 Å². The highest BCUT2D eigenvalue weighted by molar-refractivity contribution is 6.46. The lowest BCUT2D eigenvalue weighted by molar-refractivity contribution is -0.120. The van der Waals surface area contributed by atoms with Crippen molar-refractivity contribution in [3.8, 4) is 5.75 Å². The topological polar surface area (TPSA) is 58.6 Å². The number of carbonyl (C=O) groups is 2. The van der Waals surface area contributed by atoms with Crippen LogP contribution < -0.4 is 15.0 Å². The number of ether oxygens (including phenoxy) is 1. The number of aryl methyl sites for hydroxylation is 2. The average molecular weight is 416 g/mol. The van der Waals surface area contributed by atoms with Gasteiger partial charge in [-0.2, -0.15) is 0 Å². The Morgan fingerprint density at radius 2 is 1.61 bits per heavy atom. The minimum Gasteiger partial charge on any atom is -0.495 e. The Morgan fingerprint density at radius 3 is 2.32 bits per heavy atom. The number of hydrogen-bond acceptors (Lipinski definition) is 4. The zero-order valence-corrected chi connectivity index (χ0v) is 17.4. The second-order valence-corrected chi connectivity index (χ2v) is 7.32. The van der Waals surface area contributed by atoms with E-state index in [1.165, 1.54) is 36.3 Å². The van der Waals surface area contributed by atoms with Gasteiger partial charge in [0.05, 0.1) is 24.1 Å². The minimum atomic E-state index is -0.482. The molecule has 0 unspecified atom stereocenters. The molecule has 0 bridgehead atoms. The molecule has 0 fully saturated rings. The summed E-state index contributed by atoms with van der Waals surface area (Å²) in [5.41, 5.74) is 3.53. The van der Waals surface area contributed by atoms with E-state index in [2.05, 4.69) is 5.32 Å². The molecule has 1 heterocycles. The summed E-state index contributed by atoms with van der Waals surface area (Å²) in [5, 5.41) is 3.09. The molecule has 0 aliphatic carbocycles. The van der Waals surface area contributed by atoms with Crippen LogP contribution in [0.4, 0.5) is 15.8 Å². The van der Waals surface area contributed by atoms with E-state index in [4.69, 9.17) is 4.74 Å². The van der Waals surface area contributed by atoms with Gasteiger partial charge in [-0.3, -0.25) is 9.59 Å². The van der Waals surface area contributed by atoms with Crippen molar-refractivity contribution < 1.29 is 18.7 Å². The molecule has 0 aromatic heterocycles. The monoisotopic (exact) mass is 416 g/mol. The molecule has 0 atom stereocenters. The second kappa shape index (κ2) is 8.07. The van der Waals surface area contributed by atoms with Gasteiger partial charge in [0.25, 0.3) is 11.8 Å². The summed E-state index contributed by atoms with van der Waals surface area (Å²) in [5.74, 6) is -0.850. The molecule has 5 nitrogen and oxygen atoms in total. The molecule has 156 valence electrons. The van der Waals surface area contributed by atoms with Crippen molar-refractivity contribution >= 4 is 28.8 Å². The first kappa shape index (κ1) is 20.3. The maximum atomic E-state index is 13.5. The number of nitrogens with zero attached hydrogens (tertiary/aromatic N) is 1. The predicted molar refractivity (Wildman–Crippen MR) is 118 cm³/mol. The summed E-state index contributed by atoms with van der Waals surface area (Å²) in [6.07, 6.45) is 0. The normalized spacial score (nSPS) is 13.7. The predicted octanol–water partition coefficient (Wildman–Crippen LogP) is 4.85. The Hall–Kier alpha value is -3.93. The largest absolute Gasteiger partial charge is 0.495 e. The first-order valence-corrected chi connectivity index (χ1v) is 9.77. The zero-order valence-electron chi connectivity index (χ0n) is 17.4. The van der Waals surface area contributed by atoms with Crippen LogP contribution in [0.25, 0.3) is 5.57 Å². The maximum Gasteiger partial charge on any atom is 0.282 e. The standard InChI is InChI=1S/C25H21FN2O3/c1-15-8-9-16(2)20(14-15)28-24(29)22(17-10-12-18(26)13-11-17)23(25(28)30)27-19-6-4-5-7-21(19)31-3/h4-14,27H,1-3H3. The van der Waals surface area contributed by atoms with Crippen molar-refractivity contribution in [2.45, 2.75) is 13.8 Å². The van der Waals surface area contributed by atoms with E-state index in [1.807, 2.05) is 32.0 Å². The third-order valence-corrected chi connectivity index (χ3v) is 5.19. The maximum absolute atomic E-state index is 13.5. The van der Waals surface area contributed by atoms with Crippen molar-refractivity contribution in [1.29, 1.82) is 0 Å². The van der Waals surface area contributed by atoms with Gasteiger partial charge in [-0.15, -0.1) is 0 Å². The van der Waals surface area contributed by atoms with Crippen LogP contribution in [0.15, 0.2) is 72.4 Å². The van der Waals surface area contributed by atoms with Gasteiger partial charge in [0.2, 0.25) is 0 Å². The molecule has 31 heavy (non-hydrogen) atoms. The van der Waals surface area contributed by atoms with Crippen molar-refractivity contribution in [2.24, 2.45) is 0 Å². The van der Waals surface area contributed by atoms with E-state index in [1.54, 1.807) is 24.3 Å². The van der Waals surface area contributed by atoms with Crippen molar-refractivity contribution in [2.75, 3.05) is 17.3 Å². The number of rotatable bonds is 5. The number of anilines is 2. The highest BCUT2D eigenvalue weighted by atomic mass is 19.1. The van der Waals surface area contributed by atoms with Crippen molar-refractivity contribution in [3.05, 3.63) is 94.9 Å². The first-order chi connectivity index (χ1) is 14.9. The Morgan fingerprint density at radius 1 is 0.903 bits per heavy atom. The summed E-state index contributed by atoms with van der Waals surface area (Å²) < 4.78 is 18.9. The van der Waals surface area contributed by atoms with Crippen molar-refractivity contribution in [3.63, 3.8) is 0 Å². The van der Waals surface area contributed by atoms with Gasteiger partial charge in [0.15, 0.2) is 0 Å². The summed E-state index contributed by atoms with van der Waals surface area (Å²) >= 11 is 0. The van der Waals surface area contributed by atoms with Gasteiger partial charge in [-0.25, -0.2) is 9.29 Å². The molecule has 0 saturated heterocycles. The molecule has 1 aliphatic rings. The fraction of sp³-hybridized carbons (Fsp3) is 0.120. The molecule has 3 aromatic carbocycles. The number of benzene rings is 3. The van der Waals surface area contributed by atoms with Gasteiger partial charge in [-0.05, 0) is 60.9 Å². The number of hydrogen-bond donors (Lipinski definition) is 1. The molecule has 3 aromatic rings. The first-order valence-electron chi connectivity index (χ1n) is 9.77. The summed E-state index contributed by atoms with van der Waals surface area (Å²) in [7, 11) is 1.53. The van der Waals surface area contributed by atoms with E-state index in [-0.39, 0.29) is 11.3 Å². The smallest absolute Gasteiger partial charge is 0.282 e. The van der Waals surface area contributed by atoms with E-state index >= 15 is 0 Å². The molecule has 6 heteroatoms. The number of amides is 2. The quantitative estimate of drug-likeness (QED) is 0.604. The third kappa shape index (κ3) is 3.68. The molecule has 1 aliphatic heterocycles. The van der Waals surface area contributed by atoms with Gasteiger partial charge in [0.1, 0.15) is 17.3 Å². The summed E-state index contributed by atoms with van der Waals surface area (Å²) in [6.45, 7) is 3.74. The highest BCUT2D eigenvalue weighted by Gasteiger charge is 2.41. The minimum absolute atomic E-state index is 0.113. The van der Waals surface area contributed by atoms with E-state index in [9.17, 15) is 14.0 Å². The van der Waals surface area contributed by atoms with Gasteiger partial charge in [0, 0.05) is 0 Å². The Bertz CT molecular complexity index is 1220. The lowest BCUT2D eigenvalue weighted by Crippen LogP contribution is -2.33. The van der Waals surface area contributed by atoms with Crippen LogP contribution in [-0.2, 0) is 9.59 Å². The van der Waals surface area contributed by atoms with Crippen LogP contribution in [0.1, 0.15) is 16.7 Å². The molecular formula is C25H21FN2O3. The van der Waals surface area contributed by atoms with Crippen LogP contribution in [0, 0.1) is 19.7 Å². The van der Waals surface area contributed by atoms with Gasteiger partial charge in [-0.1, -0.05) is 36.4 Å². The summed E-state index contributed by atoms with van der Waals surface area (Å²) in [6, 6.07) is 18.2. The molecule has 0 saturated carbocycles. The van der Waals surface area contributed by atoms with Crippen LogP contribution in [-0.4, -0.2) is 18.9 Å². The zero-order chi connectivity index (χ0) is 22.1. The average Bonchev–Trinajstić information content (AvgIpc) is 3.00. The van der Waals surface area contributed by atoms with Crippen molar-refractivity contribution in [1.82, 2.24) is 0 Å². The number of methoxy groups -OCH3 is 1. The molecule has 4 rings (SSSR count). The van der Waals surface area contributed by atoms with E-state index < -0.39 is 17.6 Å². The number of para-hydroxylation sites is 2. The lowest BCUT2D eigenvalue weighted by atomic mass is 10.0. The second-order valence-electron chi connectivity index (χ2n) is 7.32. The van der Waals surface area contributed by atoms with Crippen LogP contribution in [0.5, 0.6) is 5.75 Å². The Kier molecular flexibility index (Phi) is 5.29. The molecule has 2 amide bonds. The third-order valence-electron chi connectivity index (χ3n) is 5.19. The number of nitrogens with one attached hydrogen (secondary N) is 1. The number of carbonyl (C=O) groups excluding carboxylic acids is 2. The Balaban J connectivity index is 1.87. The van der Waals surface area contributed by atoms with Gasteiger partial charge >= 0.3 is 0 Å². The molecular weight excluding hydrogens is 395 g/mol. The lowest BCUT2D eigenvalue weighted by Gasteiger charge is -2.18. The summed E-state index contributed by atoms with van der Waals surface area (Å²) in [4.78, 5) is 28.2. The highest BCUT2D eigenvalue weighted by Crippen LogP contribution is 2.36. The fourth-order valence-corrected chi connectivity index (χ4v) is 3.59. The molecule has 1 N–H and O–H groups in total. The SMILES string of the molecule is COc1ccccc1NC1=C(c2ccc(F)cc2)C(=O)N(c2cc(C)ccc2C)C1=O. The van der Waals surface area contributed by atoms with Crippen LogP contribution >= 0.6 is 0 Å². The fourth-order valence-electron chi connectivity index (χ4n) is 3.59. The van der Waals surface area contributed by atoms with Gasteiger partial charge < -0.3 is 10.1 Å². The van der Waals surface area contributed by atoms with Crippen LogP contribution in [0.2, 0.25) is 0 Å². The van der Waals surface area contributed by atoms with Crippen LogP contribution in [0.3, 0.4) is 0 Å². The molecule has 0 radical (unpaired) electrons.